The van der Waals surface area contributed by atoms with Gasteiger partial charge in [-0.15, -0.1) is 5.10 Å². The van der Waals surface area contributed by atoms with Gasteiger partial charge in [0.2, 0.25) is 11.8 Å². The third-order valence-electron chi connectivity index (χ3n) is 4.81. The number of nitriles is 1. The molecule has 0 radical (unpaired) electrons. The van der Waals surface area contributed by atoms with Crippen LogP contribution in [0.25, 0.3) is 11.3 Å². The van der Waals surface area contributed by atoms with E-state index in [1.807, 2.05) is 44.2 Å². The summed E-state index contributed by atoms with van der Waals surface area (Å²) in [7, 11) is 0. The number of ether oxygens (including phenoxy) is 3. The largest absolute Gasteiger partial charge is 0.494 e. The molecule has 30 heavy (non-hydrogen) atoms. The van der Waals surface area contributed by atoms with E-state index >= 15 is 0 Å². The smallest absolute Gasteiger partial charge is 0.244 e. The topological polar surface area (TPSA) is 119 Å². The monoisotopic (exact) mass is 403 g/mol. The van der Waals surface area contributed by atoms with Crippen LogP contribution in [0, 0.1) is 11.3 Å². The molecule has 2 aromatic heterocycles. The van der Waals surface area contributed by atoms with Gasteiger partial charge in [0.15, 0.2) is 0 Å². The number of nitrogens with one attached hydrogen (secondary N) is 1. The van der Waals surface area contributed by atoms with Crippen molar-refractivity contribution in [1.82, 2.24) is 15.2 Å². The summed E-state index contributed by atoms with van der Waals surface area (Å²) in [4.78, 5) is 4.08. The minimum atomic E-state index is -0.448. The molecular weight excluding hydrogens is 382 g/mol. The van der Waals surface area contributed by atoms with Crippen molar-refractivity contribution in [3.63, 3.8) is 0 Å². The molecule has 0 saturated carbocycles. The van der Waals surface area contributed by atoms with Gasteiger partial charge in [-0.1, -0.05) is 0 Å². The Labute approximate surface area is 173 Å². The Morgan fingerprint density at radius 2 is 1.93 bits per heavy atom. The van der Waals surface area contributed by atoms with Crippen LogP contribution < -0.4 is 19.9 Å². The second-order valence-corrected chi connectivity index (χ2v) is 6.55. The van der Waals surface area contributed by atoms with Crippen LogP contribution in [0.4, 0.5) is 0 Å². The first-order valence-electron chi connectivity index (χ1n) is 9.63. The Balaban J connectivity index is 1.91. The van der Waals surface area contributed by atoms with Gasteiger partial charge >= 0.3 is 0 Å². The number of nitrogens with zero attached hydrogens (tertiary/aromatic N) is 3. The number of aromatic nitrogens is 3. The van der Waals surface area contributed by atoms with Crippen molar-refractivity contribution in [3.8, 4) is 34.7 Å². The van der Waals surface area contributed by atoms with Crippen molar-refractivity contribution in [2.24, 2.45) is 5.73 Å². The molecule has 152 valence electrons. The maximum absolute atomic E-state index is 9.80. The van der Waals surface area contributed by atoms with Crippen LogP contribution in [0.3, 0.4) is 0 Å². The molecule has 3 heterocycles. The molecular formula is C22H21N5O3. The van der Waals surface area contributed by atoms with E-state index in [4.69, 9.17) is 19.9 Å². The average molecular weight is 403 g/mol. The van der Waals surface area contributed by atoms with E-state index in [1.165, 1.54) is 0 Å². The van der Waals surface area contributed by atoms with Crippen molar-refractivity contribution in [1.29, 1.82) is 5.26 Å². The Bertz CT molecular complexity index is 1130. The van der Waals surface area contributed by atoms with E-state index in [9.17, 15) is 5.26 Å². The Hall–Kier alpha value is -3.99. The highest BCUT2D eigenvalue weighted by molar-refractivity contribution is 5.76. The molecule has 0 fully saturated rings. The van der Waals surface area contributed by atoms with Crippen molar-refractivity contribution >= 4 is 0 Å². The molecule has 1 unspecified atom stereocenters. The van der Waals surface area contributed by atoms with Gasteiger partial charge in [0.1, 0.15) is 23.1 Å². The maximum atomic E-state index is 9.80. The Morgan fingerprint density at radius 1 is 1.17 bits per heavy atom. The molecule has 1 aliphatic rings. The van der Waals surface area contributed by atoms with Crippen LogP contribution in [0.2, 0.25) is 0 Å². The number of rotatable bonds is 6. The summed E-state index contributed by atoms with van der Waals surface area (Å²) in [5, 5.41) is 17.2. The highest BCUT2D eigenvalue weighted by Gasteiger charge is 2.36. The highest BCUT2D eigenvalue weighted by atomic mass is 16.5. The van der Waals surface area contributed by atoms with Gasteiger partial charge < -0.3 is 19.9 Å². The van der Waals surface area contributed by atoms with E-state index < -0.39 is 5.92 Å². The molecule has 3 N–H and O–H groups in total. The molecule has 1 aliphatic heterocycles. The quantitative estimate of drug-likeness (QED) is 0.646. The van der Waals surface area contributed by atoms with Gasteiger partial charge in [0, 0.05) is 24.0 Å². The summed E-state index contributed by atoms with van der Waals surface area (Å²) >= 11 is 0. The van der Waals surface area contributed by atoms with Crippen LogP contribution >= 0.6 is 0 Å². The third kappa shape index (κ3) is 3.31. The number of benzene rings is 1. The second kappa shape index (κ2) is 8.17. The molecule has 1 aromatic carbocycles. The lowest BCUT2D eigenvalue weighted by Crippen LogP contribution is -2.21. The molecule has 0 spiro atoms. The Morgan fingerprint density at radius 3 is 2.63 bits per heavy atom. The van der Waals surface area contributed by atoms with E-state index in [2.05, 4.69) is 21.3 Å². The number of aromatic amines is 1. The first-order valence-corrected chi connectivity index (χ1v) is 9.63. The molecule has 0 saturated heterocycles. The first-order chi connectivity index (χ1) is 14.7. The van der Waals surface area contributed by atoms with Gasteiger partial charge in [-0.3, -0.25) is 10.1 Å². The maximum Gasteiger partial charge on any atom is 0.244 e. The summed E-state index contributed by atoms with van der Waals surface area (Å²) in [5.74, 6) is 1.28. The van der Waals surface area contributed by atoms with Gasteiger partial charge in [0.25, 0.3) is 0 Å². The van der Waals surface area contributed by atoms with Crippen LogP contribution in [0.5, 0.6) is 17.4 Å². The van der Waals surface area contributed by atoms with Crippen molar-refractivity contribution in [2.75, 3.05) is 13.2 Å². The second-order valence-electron chi connectivity index (χ2n) is 6.55. The molecule has 3 aromatic rings. The van der Waals surface area contributed by atoms with Crippen LogP contribution in [-0.4, -0.2) is 28.4 Å². The average Bonchev–Trinajstić information content (AvgIpc) is 3.17. The Kier molecular flexibility index (Phi) is 5.26. The summed E-state index contributed by atoms with van der Waals surface area (Å²) in [6.45, 7) is 4.88. The van der Waals surface area contributed by atoms with Gasteiger partial charge in [-0.05, 0) is 43.7 Å². The zero-order chi connectivity index (χ0) is 21.1. The number of fused-ring (bicyclic) bond motifs is 1. The normalized spacial score (nSPS) is 15.2. The molecule has 8 heteroatoms. The van der Waals surface area contributed by atoms with Crippen molar-refractivity contribution in [3.05, 3.63) is 65.3 Å². The lowest BCUT2D eigenvalue weighted by molar-refractivity contribution is 0.324. The zero-order valence-electron chi connectivity index (χ0n) is 16.7. The lowest BCUT2D eigenvalue weighted by atomic mass is 9.83. The van der Waals surface area contributed by atoms with Crippen molar-refractivity contribution < 1.29 is 14.2 Å². The number of pyridine rings is 1. The number of allylic oxidation sites excluding steroid dienone is 1. The van der Waals surface area contributed by atoms with Gasteiger partial charge in [-0.25, -0.2) is 0 Å². The predicted molar refractivity (Wildman–Crippen MR) is 110 cm³/mol. The number of nitrogens with two attached hydrogens (primary N) is 1. The fraction of sp³-hybridized carbons (Fsp3) is 0.227. The van der Waals surface area contributed by atoms with E-state index in [1.54, 1.807) is 12.4 Å². The summed E-state index contributed by atoms with van der Waals surface area (Å²) in [6, 6.07) is 11.5. The van der Waals surface area contributed by atoms with E-state index in [-0.39, 0.29) is 5.88 Å². The third-order valence-corrected chi connectivity index (χ3v) is 4.81. The number of hydrogen-bond donors (Lipinski definition) is 2. The minimum Gasteiger partial charge on any atom is -0.494 e. The van der Waals surface area contributed by atoms with Crippen molar-refractivity contribution in [2.45, 2.75) is 19.8 Å². The van der Waals surface area contributed by atoms with Crippen LogP contribution in [-0.2, 0) is 0 Å². The molecule has 0 bridgehead atoms. The fourth-order valence-corrected chi connectivity index (χ4v) is 3.58. The zero-order valence-corrected chi connectivity index (χ0v) is 16.7. The first kappa shape index (κ1) is 19.3. The summed E-state index contributed by atoms with van der Waals surface area (Å²) < 4.78 is 17.1. The number of H-pyrrole nitrogens is 1. The van der Waals surface area contributed by atoms with Gasteiger partial charge in [-0.2, -0.15) is 5.26 Å². The molecule has 8 nitrogen and oxygen atoms in total. The SMILES string of the molecule is CCOc1ccc(-c2[nH]nc3c2C(c2ccncc2)C(C#N)=C(N)O3)c(OCC)c1. The van der Waals surface area contributed by atoms with Crippen LogP contribution in [0.15, 0.2) is 54.2 Å². The fourth-order valence-electron chi connectivity index (χ4n) is 3.58. The highest BCUT2D eigenvalue weighted by Crippen LogP contribution is 2.47. The summed E-state index contributed by atoms with van der Waals surface area (Å²) in [5.41, 5.74) is 9.42. The molecule has 0 aliphatic carbocycles. The molecule has 1 atom stereocenters. The minimum absolute atomic E-state index is 0.0431. The lowest BCUT2D eigenvalue weighted by Gasteiger charge is -2.24. The van der Waals surface area contributed by atoms with E-state index in [0.717, 1.165) is 16.7 Å². The molecule has 4 rings (SSSR count). The van der Waals surface area contributed by atoms with Crippen LogP contribution in [0.1, 0.15) is 30.9 Å². The predicted octanol–water partition coefficient (Wildman–Crippen LogP) is 3.49. The number of hydrogen-bond acceptors (Lipinski definition) is 7. The van der Waals surface area contributed by atoms with Gasteiger partial charge in [0.05, 0.1) is 30.4 Å². The standard InChI is InChI=1S/C22H21N5O3/c1-3-28-14-5-6-15(17(11-14)29-4-2)20-19-18(13-7-9-25-10-8-13)16(12-23)21(24)30-22(19)27-26-20/h5-11,18H,3-4,24H2,1-2H3,(H,26,27). The molecule has 0 amide bonds. The summed E-state index contributed by atoms with van der Waals surface area (Å²) in [6.07, 6.45) is 3.36. The van der Waals surface area contributed by atoms with E-state index in [0.29, 0.717) is 41.9 Å².